The van der Waals surface area contributed by atoms with Crippen LogP contribution in [0.2, 0.25) is 0 Å². The molecule has 0 amide bonds. The fourth-order valence-electron chi connectivity index (χ4n) is 6.39. The summed E-state index contributed by atoms with van der Waals surface area (Å²) in [6, 6.07) is 0. The van der Waals surface area contributed by atoms with Crippen LogP contribution in [-0.4, -0.2) is 37.2 Å². The maximum absolute atomic E-state index is 12.8. The van der Waals surface area contributed by atoms with Gasteiger partial charge in [0.15, 0.2) is 6.10 Å². The molecular weight excluding hydrogens is 781 g/mol. The molecule has 0 saturated carbocycles. The molecule has 1 atom stereocenters. The van der Waals surface area contributed by atoms with Crippen molar-refractivity contribution < 1.29 is 28.6 Å². The van der Waals surface area contributed by atoms with Crippen molar-refractivity contribution in [3.05, 3.63) is 122 Å². The van der Waals surface area contributed by atoms with Crippen LogP contribution in [0.3, 0.4) is 0 Å². The third-order valence-electron chi connectivity index (χ3n) is 10.1. The van der Waals surface area contributed by atoms with Gasteiger partial charge >= 0.3 is 17.9 Å². The zero-order valence-electron chi connectivity index (χ0n) is 40.3. The standard InChI is InChI=1S/C57H90O6/c1-4-7-10-13-16-19-22-25-28-31-34-37-40-43-46-49-55(58)61-52-54(63-57(60)51-48-45-42-39-36-33-30-27-24-21-18-15-12-9-6-3)53-62-56(59)50-47-44-41-38-35-32-29-26-23-20-17-14-11-8-5-2/h7,9-10,12-13,15-28,30,54H,4-6,8,11,14,29,31-53H2,1-3H3/b10-7-,12-9-,16-13-,18-15-,20-17-,22-19-,24-21-,26-23-,28-25-,30-27-. The number of allylic oxidation sites excluding steroid dienone is 20. The molecule has 0 aliphatic rings. The van der Waals surface area contributed by atoms with Gasteiger partial charge in [0.25, 0.3) is 0 Å². The summed E-state index contributed by atoms with van der Waals surface area (Å²) in [5.41, 5.74) is 0. The highest BCUT2D eigenvalue weighted by Crippen LogP contribution is 2.13. The molecule has 0 rings (SSSR count). The van der Waals surface area contributed by atoms with E-state index in [1.165, 1.54) is 38.5 Å². The van der Waals surface area contributed by atoms with Crippen LogP contribution >= 0.6 is 0 Å². The van der Waals surface area contributed by atoms with E-state index in [9.17, 15) is 14.4 Å². The first-order valence-electron chi connectivity index (χ1n) is 25.2. The molecule has 1 unspecified atom stereocenters. The molecule has 63 heavy (non-hydrogen) atoms. The fraction of sp³-hybridized carbons (Fsp3) is 0.596. The van der Waals surface area contributed by atoms with Crippen molar-refractivity contribution in [2.45, 2.75) is 207 Å². The number of unbranched alkanes of at least 4 members (excludes halogenated alkanes) is 19. The molecule has 0 aliphatic heterocycles. The Hall–Kier alpha value is -4.19. The van der Waals surface area contributed by atoms with Crippen LogP contribution in [0.4, 0.5) is 0 Å². The highest BCUT2D eigenvalue weighted by Gasteiger charge is 2.19. The summed E-state index contributed by atoms with van der Waals surface area (Å²) in [5, 5.41) is 0. The Morgan fingerprint density at radius 3 is 0.984 bits per heavy atom. The minimum atomic E-state index is -0.808. The average Bonchev–Trinajstić information content (AvgIpc) is 3.28. The van der Waals surface area contributed by atoms with E-state index in [0.29, 0.717) is 12.8 Å². The lowest BCUT2D eigenvalue weighted by atomic mass is 10.1. The number of hydrogen-bond acceptors (Lipinski definition) is 6. The molecule has 6 nitrogen and oxygen atoms in total. The summed E-state index contributed by atoms with van der Waals surface area (Å²) in [4.78, 5) is 38.0. The van der Waals surface area contributed by atoms with E-state index >= 15 is 0 Å². The Morgan fingerprint density at radius 2 is 0.619 bits per heavy atom. The van der Waals surface area contributed by atoms with Gasteiger partial charge in [-0.3, -0.25) is 14.4 Å². The SMILES string of the molecule is CC\C=C/C=C\C=C/C=C\CCCCCCCC(=O)OCC(COC(=O)CCCCCCCC/C=C\C=C/CCCCC)OC(=O)CCCCCCC\C=C/C=C\C=C/C=C\CC. The van der Waals surface area contributed by atoms with E-state index in [4.69, 9.17) is 14.2 Å². The summed E-state index contributed by atoms with van der Waals surface area (Å²) < 4.78 is 16.7. The number of rotatable bonds is 43. The van der Waals surface area contributed by atoms with E-state index < -0.39 is 6.10 Å². The Balaban J connectivity index is 4.52. The molecule has 0 aliphatic carbocycles. The number of hydrogen-bond donors (Lipinski definition) is 0. The van der Waals surface area contributed by atoms with Gasteiger partial charge in [-0.1, -0.05) is 219 Å². The first kappa shape index (κ1) is 58.8. The molecule has 0 bridgehead atoms. The Bertz CT molecular complexity index is 1370. The number of ether oxygens (including phenoxy) is 3. The van der Waals surface area contributed by atoms with Crippen molar-refractivity contribution in [3.63, 3.8) is 0 Å². The molecule has 0 aromatic heterocycles. The number of esters is 3. The third kappa shape index (κ3) is 48.7. The normalized spacial score (nSPS) is 13.1. The van der Waals surface area contributed by atoms with Gasteiger partial charge in [-0.2, -0.15) is 0 Å². The van der Waals surface area contributed by atoms with Gasteiger partial charge in [0.2, 0.25) is 0 Å². The minimum Gasteiger partial charge on any atom is -0.462 e. The van der Waals surface area contributed by atoms with Crippen molar-refractivity contribution in [2.24, 2.45) is 0 Å². The van der Waals surface area contributed by atoms with Gasteiger partial charge in [-0.15, -0.1) is 0 Å². The summed E-state index contributed by atoms with van der Waals surface area (Å²) >= 11 is 0. The van der Waals surface area contributed by atoms with Crippen LogP contribution in [0, 0.1) is 0 Å². The van der Waals surface area contributed by atoms with Crippen LogP contribution in [0.5, 0.6) is 0 Å². The lowest BCUT2D eigenvalue weighted by Gasteiger charge is -2.18. The first-order valence-corrected chi connectivity index (χ1v) is 25.2. The van der Waals surface area contributed by atoms with E-state index in [1.807, 2.05) is 48.6 Å². The van der Waals surface area contributed by atoms with Crippen molar-refractivity contribution in [2.75, 3.05) is 13.2 Å². The first-order chi connectivity index (χ1) is 31.0. The molecular formula is C57H90O6. The van der Waals surface area contributed by atoms with E-state index in [2.05, 4.69) is 93.7 Å². The number of carbonyl (C=O) groups excluding carboxylic acids is 3. The van der Waals surface area contributed by atoms with E-state index in [0.717, 1.165) is 122 Å². The van der Waals surface area contributed by atoms with Crippen molar-refractivity contribution in [1.29, 1.82) is 0 Å². The van der Waals surface area contributed by atoms with Gasteiger partial charge < -0.3 is 14.2 Å². The second-order valence-corrected chi connectivity index (χ2v) is 16.2. The predicted octanol–water partition coefficient (Wildman–Crippen LogP) is 16.5. The second kappa shape index (κ2) is 50.5. The lowest BCUT2D eigenvalue weighted by Crippen LogP contribution is -2.30. The van der Waals surface area contributed by atoms with Gasteiger partial charge in [0.05, 0.1) is 0 Å². The molecule has 0 aromatic rings. The minimum absolute atomic E-state index is 0.106. The summed E-state index contributed by atoms with van der Waals surface area (Å²) in [6.45, 7) is 6.26. The number of carbonyl (C=O) groups is 3. The van der Waals surface area contributed by atoms with Crippen molar-refractivity contribution >= 4 is 17.9 Å². The average molecular weight is 871 g/mol. The monoisotopic (exact) mass is 871 g/mol. The Kier molecular flexibility index (Phi) is 47.1. The predicted molar refractivity (Wildman–Crippen MR) is 269 cm³/mol. The molecule has 0 spiro atoms. The topological polar surface area (TPSA) is 78.9 Å². The summed E-state index contributed by atoms with van der Waals surface area (Å²) in [6.07, 6.45) is 68.8. The molecule has 0 heterocycles. The molecule has 6 heteroatoms. The Labute approximate surface area is 386 Å². The molecule has 0 fully saturated rings. The summed E-state index contributed by atoms with van der Waals surface area (Å²) in [5.74, 6) is -0.972. The van der Waals surface area contributed by atoms with Crippen LogP contribution in [0.15, 0.2) is 122 Å². The van der Waals surface area contributed by atoms with Gasteiger partial charge in [0, 0.05) is 19.3 Å². The second-order valence-electron chi connectivity index (χ2n) is 16.2. The quantitative estimate of drug-likeness (QED) is 0.0263. The van der Waals surface area contributed by atoms with Crippen LogP contribution in [0.25, 0.3) is 0 Å². The van der Waals surface area contributed by atoms with E-state index in [1.54, 1.807) is 0 Å². The van der Waals surface area contributed by atoms with Crippen LogP contribution in [0.1, 0.15) is 201 Å². The van der Waals surface area contributed by atoms with Crippen molar-refractivity contribution in [3.8, 4) is 0 Å². The highest BCUT2D eigenvalue weighted by molar-refractivity contribution is 5.71. The molecule has 0 saturated heterocycles. The largest absolute Gasteiger partial charge is 0.462 e. The fourth-order valence-corrected chi connectivity index (χ4v) is 6.39. The van der Waals surface area contributed by atoms with E-state index in [-0.39, 0.29) is 37.5 Å². The summed E-state index contributed by atoms with van der Waals surface area (Å²) in [7, 11) is 0. The van der Waals surface area contributed by atoms with Gasteiger partial charge in [-0.05, 0) is 83.5 Å². The zero-order valence-corrected chi connectivity index (χ0v) is 40.3. The van der Waals surface area contributed by atoms with Gasteiger partial charge in [-0.25, -0.2) is 0 Å². The molecule has 354 valence electrons. The van der Waals surface area contributed by atoms with Crippen LogP contribution in [-0.2, 0) is 28.6 Å². The third-order valence-corrected chi connectivity index (χ3v) is 10.1. The molecule has 0 N–H and O–H groups in total. The maximum Gasteiger partial charge on any atom is 0.306 e. The zero-order chi connectivity index (χ0) is 45.8. The van der Waals surface area contributed by atoms with Gasteiger partial charge in [0.1, 0.15) is 13.2 Å². The molecule has 0 aromatic carbocycles. The molecule has 0 radical (unpaired) electrons. The Morgan fingerprint density at radius 1 is 0.333 bits per heavy atom. The lowest BCUT2D eigenvalue weighted by molar-refractivity contribution is -0.167. The van der Waals surface area contributed by atoms with Crippen LogP contribution < -0.4 is 0 Å². The maximum atomic E-state index is 12.8. The van der Waals surface area contributed by atoms with Crippen molar-refractivity contribution in [1.82, 2.24) is 0 Å². The highest BCUT2D eigenvalue weighted by atomic mass is 16.6. The smallest absolute Gasteiger partial charge is 0.306 e.